The average molecular weight is 471 g/mol. The minimum Gasteiger partial charge on any atom is -0.457 e. The summed E-state index contributed by atoms with van der Waals surface area (Å²) in [6.45, 7) is 1.01. The molecule has 9 nitrogen and oxygen atoms in total. The summed E-state index contributed by atoms with van der Waals surface area (Å²) < 4.78 is 22.7. The van der Waals surface area contributed by atoms with Crippen LogP contribution in [-0.4, -0.2) is 49.6 Å². The van der Waals surface area contributed by atoms with Crippen molar-refractivity contribution in [2.24, 2.45) is 0 Å². The van der Waals surface area contributed by atoms with Crippen LogP contribution in [0.3, 0.4) is 0 Å². The van der Waals surface area contributed by atoms with Gasteiger partial charge in [-0.25, -0.2) is 19.0 Å². The van der Waals surface area contributed by atoms with Gasteiger partial charge in [0, 0.05) is 24.2 Å². The predicted octanol–water partition coefficient (Wildman–Crippen LogP) is 3.56. The summed E-state index contributed by atoms with van der Waals surface area (Å²) >= 11 is 0. The molecule has 35 heavy (non-hydrogen) atoms. The molecule has 0 radical (unpaired) electrons. The van der Waals surface area contributed by atoms with Crippen molar-refractivity contribution in [2.45, 2.75) is 31.5 Å². The molecular weight excluding hydrogens is 449 g/mol. The van der Waals surface area contributed by atoms with Crippen molar-refractivity contribution in [3.05, 3.63) is 60.7 Å². The number of nitriles is 1. The fraction of sp³-hybridized carbons (Fsp3) is 0.240. The minimum atomic E-state index is -0.821. The highest BCUT2D eigenvalue weighted by Gasteiger charge is 2.32. The average Bonchev–Trinajstić information content (AvgIpc) is 3.47. The Bertz CT molecular complexity index is 1420. The van der Waals surface area contributed by atoms with Crippen LogP contribution in [0.5, 0.6) is 11.5 Å². The Morgan fingerprint density at radius 3 is 2.80 bits per heavy atom. The number of ether oxygens (including phenoxy) is 1. The van der Waals surface area contributed by atoms with Crippen LogP contribution in [0.25, 0.3) is 22.3 Å². The fourth-order valence-corrected chi connectivity index (χ4v) is 4.52. The number of rotatable bonds is 7. The third-order valence-electron chi connectivity index (χ3n) is 6.16. The van der Waals surface area contributed by atoms with Gasteiger partial charge in [0.1, 0.15) is 35.2 Å². The molecule has 1 fully saturated rings. The zero-order valence-electron chi connectivity index (χ0n) is 18.7. The molecule has 5 rings (SSSR count). The number of benzene rings is 2. The van der Waals surface area contributed by atoms with Crippen molar-refractivity contribution in [3.63, 3.8) is 0 Å². The summed E-state index contributed by atoms with van der Waals surface area (Å²) in [5.74, 6) is 0.607. The lowest BCUT2D eigenvalue weighted by molar-refractivity contribution is -0.111. The first-order valence-corrected chi connectivity index (χ1v) is 11.2. The molecule has 176 valence electrons. The van der Waals surface area contributed by atoms with E-state index in [1.807, 2.05) is 29.2 Å². The molecule has 1 unspecified atom stereocenters. The van der Waals surface area contributed by atoms with Gasteiger partial charge in [-0.05, 0) is 37.1 Å². The zero-order valence-corrected chi connectivity index (χ0v) is 18.7. The highest BCUT2D eigenvalue weighted by molar-refractivity contribution is 5.98. The van der Waals surface area contributed by atoms with Crippen molar-refractivity contribution in [1.82, 2.24) is 24.6 Å². The number of nitrogens with zero attached hydrogens (tertiary/aromatic N) is 6. The molecule has 2 aromatic heterocycles. The Morgan fingerprint density at radius 1 is 1.23 bits per heavy atom. The third-order valence-corrected chi connectivity index (χ3v) is 6.16. The van der Waals surface area contributed by atoms with Crippen LogP contribution in [0.4, 0.5) is 10.2 Å². The number of hydrogen-bond donors (Lipinski definition) is 1. The molecular formula is C25H22FN7O2. The smallest absolute Gasteiger partial charge is 0.164 e. The van der Waals surface area contributed by atoms with E-state index in [1.54, 1.807) is 28.9 Å². The van der Waals surface area contributed by atoms with Crippen molar-refractivity contribution >= 4 is 23.1 Å². The number of likely N-dealkylation sites (tertiary alicyclic amines) is 1. The number of hydrogen-bond acceptors (Lipinski definition) is 8. The van der Waals surface area contributed by atoms with E-state index < -0.39 is 11.9 Å². The van der Waals surface area contributed by atoms with E-state index in [0.29, 0.717) is 47.6 Å². The highest BCUT2D eigenvalue weighted by atomic mass is 19.1. The first-order valence-electron chi connectivity index (χ1n) is 11.2. The van der Waals surface area contributed by atoms with Gasteiger partial charge < -0.3 is 15.3 Å². The van der Waals surface area contributed by atoms with Crippen molar-refractivity contribution in [2.75, 3.05) is 12.3 Å². The number of para-hydroxylation sites is 1. The molecule has 2 aromatic carbocycles. The monoisotopic (exact) mass is 471 g/mol. The number of carbonyl (C=O) groups excluding carboxylic acids is 1. The maximum atomic E-state index is 15.3. The summed E-state index contributed by atoms with van der Waals surface area (Å²) in [5, 5.41) is 14.4. The van der Waals surface area contributed by atoms with Gasteiger partial charge in [0.25, 0.3) is 0 Å². The molecule has 0 aliphatic carbocycles. The molecule has 0 bridgehead atoms. The Hall–Kier alpha value is -4.36. The second kappa shape index (κ2) is 9.48. The Labute approximate surface area is 200 Å². The normalized spacial score (nSPS) is 16.7. The summed E-state index contributed by atoms with van der Waals surface area (Å²) in [5.41, 5.74) is 7.18. The maximum absolute atomic E-state index is 15.3. The van der Waals surface area contributed by atoms with Crippen molar-refractivity contribution in [3.8, 4) is 28.8 Å². The van der Waals surface area contributed by atoms with E-state index >= 15 is 4.39 Å². The second-order valence-electron chi connectivity index (χ2n) is 8.29. The second-order valence-corrected chi connectivity index (χ2v) is 8.29. The first-order chi connectivity index (χ1) is 17.1. The maximum Gasteiger partial charge on any atom is 0.164 e. The predicted molar refractivity (Wildman–Crippen MR) is 127 cm³/mol. The van der Waals surface area contributed by atoms with Gasteiger partial charge in [-0.1, -0.05) is 18.2 Å². The molecule has 1 aliphatic rings. The van der Waals surface area contributed by atoms with Gasteiger partial charge in [0.05, 0.1) is 18.0 Å². The largest absolute Gasteiger partial charge is 0.457 e. The quantitative estimate of drug-likeness (QED) is 0.406. The molecule has 3 heterocycles. The Kier molecular flexibility index (Phi) is 6.08. The summed E-state index contributed by atoms with van der Waals surface area (Å²) in [6, 6.07) is 14.8. The van der Waals surface area contributed by atoms with Crippen LogP contribution in [0.2, 0.25) is 0 Å². The van der Waals surface area contributed by atoms with Crippen LogP contribution in [0, 0.1) is 17.1 Å². The lowest BCUT2D eigenvalue weighted by Gasteiger charge is -2.25. The number of anilines is 1. The number of carbonyl (C=O) groups is 1. The van der Waals surface area contributed by atoms with E-state index in [1.165, 1.54) is 12.4 Å². The SMILES string of the molecule is N#CC(C=O)N1CCC[C@@H]1Cn1nc(-c2ccc(Oc3ccccc3)cc2F)c2c(N)ncnc21. The van der Waals surface area contributed by atoms with E-state index in [2.05, 4.69) is 15.1 Å². The van der Waals surface area contributed by atoms with Crippen LogP contribution < -0.4 is 10.5 Å². The Balaban J connectivity index is 1.51. The summed E-state index contributed by atoms with van der Waals surface area (Å²) in [4.78, 5) is 21.7. The number of fused-ring (bicyclic) bond motifs is 1. The molecule has 0 saturated carbocycles. The van der Waals surface area contributed by atoms with Gasteiger partial charge in [-0.2, -0.15) is 10.4 Å². The first kappa shape index (κ1) is 22.4. The van der Waals surface area contributed by atoms with Crippen molar-refractivity contribution < 1.29 is 13.9 Å². The number of aromatic nitrogens is 4. The van der Waals surface area contributed by atoms with E-state index in [-0.39, 0.29) is 17.4 Å². The van der Waals surface area contributed by atoms with Gasteiger partial charge in [-0.15, -0.1) is 0 Å². The molecule has 4 aromatic rings. The lowest BCUT2D eigenvalue weighted by atomic mass is 10.1. The van der Waals surface area contributed by atoms with Gasteiger partial charge in [0.2, 0.25) is 0 Å². The molecule has 1 saturated heterocycles. The van der Waals surface area contributed by atoms with Crippen LogP contribution in [0.15, 0.2) is 54.9 Å². The van der Waals surface area contributed by atoms with Gasteiger partial charge >= 0.3 is 0 Å². The van der Waals surface area contributed by atoms with Gasteiger partial charge in [0.15, 0.2) is 18.0 Å². The highest BCUT2D eigenvalue weighted by Crippen LogP contribution is 2.34. The van der Waals surface area contributed by atoms with E-state index in [0.717, 1.165) is 12.8 Å². The zero-order chi connectivity index (χ0) is 24.4. The fourth-order valence-electron chi connectivity index (χ4n) is 4.52. The standard InChI is InChI=1S/C25H22FN7O2/c26-21-11-19(35-18-6-2-1-3-7-18)8-9-20(21)23-22-24(28)29-15-30-25(22)33(31-23)13-16-5-4-10-32(16)17(12-27)14-34/h1-3,6-9,11,14-17H,4-5,10,13H2,(H2,28,29,30)/t16-,17?/m1/s1. The number of aldehydes is 1. The molecule has 0 spiro atoms. The minimum absolute atomic E-state index is 0.0940. The molecule has 2 N–H and O–H groups in total. The molecule has 1 aliphatic heterocycles. The van der Waals surface area contributed by atoms with E-state index in [9.17, 15) is 10.1 Å². The third kappa shape index (κ3) is 4.29. The number of halogens is 1. The van der Waals surface area contributed by atoms with E-state index in [4.69, 9.17) is 10.5 Å². The van der Waals surface area contributed by atoms with Crippen LogP contribution in [0.1, 0.15) is 12.8 Å². The number of nitrogens with two attached hydrogens (primary N) is 1. The summed E-state index contributed by atoms with van der Waals surface area (Å²) in [6.07, 6.45) is 3.64. The van der Waals surface area contributed by atoms with Crippen molar-refractivity contribution in [1.29, 1.82) is 5.26 Å². The molecule has 0 amide bonds. The summed E-state index contributed by atoms with van der Waals surface area (Å²) in [7, 11) is 0. The number of nitrogen functional groups attached to an aromatic ring is 1. The Morgan fingerprint density at radius 2 is 2.06 bits per heavy atom. The topological polar surface area (TPSA) is 123 Å². The van der Waals surface area contributed by atoms with Crippen LogP contribution >= 0.6 is 0 Å². The van der Waals surface area contributed by atoms with Gasteiger partial charge in [-0.3, -0.25) is 4.90 Å². The van der Waals surface area contributed by atoms with Crippen LogP contribution in [-0.2, 0) is 11.3 Å². The molecule has 2 atom stereocenters. The lowest BCUT2D eigenvalue weighted by Crippen LogP contribution is -2.41. The molecule has 10 heteroatoms.